The van der Waals surface area contributed by atoms with Crippen molar-refractivity contribution in [1.29, 1.82) is 0 Å². The second-order valence-corrected chi connectivity index (χ2v) is 4.54. The predicted octanol–water partition coefficient (Wildman–Crippen LogP) is 0.597. The molecule has 106 valence electrons. The Morgan fingerprint density at radius 2 is 1.79 bits per heavy atom. The summed E-state index contributed by atoms with van der Waals surface area (Å²) in [5, 5.41) is 0. The summed E-state index contributed by atoms with van der Waals surface area (Å²) in [5.41, 5.74) is 5.87. The largest absolute Gasteiger partial charge is 0.467 e. The molecule has 1 unspecified atom stereocenters. The van der Waals surface area contributed by atoms with Crippen LogP contribution in [0.4, 0.5) is 5.95 Å². The van der Waals surface area contributed by atoms with E-state index in [4.69, 9.17) is 15.2 Å². The van der Waals surface area contributed by atoms with E-state index < -0.39 is 0 Å². The molecule has 0 aliphatic carbocycles. The third kappa shape index (κ3) is 3.23. The average Bonchev–Trinajstić information content (AvgIpc) is 2.71. The van der Waals surface area contributed by atoms with Crippen LogP contribution < -0.4 is 20.1 Å². The molecule has 1 aromatic heterocycles. The van der Waals surface area contributed by atoms with Crippen molar-refractivity contribution in [2.75, 3.05) is 32.2 Å². The topological polar surface area (TPSA) is 86.4 Å². The second kappa shape index (κ2) is 6.51. The highest BCUT2D eigenvalue weighted by atomic mass is 16.5. The number of hydrogen-bond donors (Lipinski definition) is 1. The van der Waals surface area contributed by atoms with Crippen LogP contribution in [0.15, 0.2) is 0 Å². The molecule has 2 rings (SSSR count). The lowest BCUT2D eigenvalue weighted by atomic mass is 10.1. The average molecular weight is 267 g/mol. The van der Waals surface area contributed by atoms with Gasteiger partial charge in [0.05, 0.1) is 14.2 Å². The normalized spacial score (nSPS) is 19.9. The number of ether oxygens (including phenoxy) is 2. The lowest BCUT2D eigenvalue weighted by molar-refractivity contribution is 0.339. The monoisotopic (exact) mass is 267 g/mol. The Labute approximate surface area is 113 Å². The standard InChI is InChI=1S/C12H21N5O2/c1-18-11-14-10(15-12(16-11)19-2)17-7-5-3-4-6-9(17)8-13/h9H,3-8,13H2,1-2H3. The van der Waals surface area contributed by atoms with E-state index in [0.717, 1.165) is 19.4 Å². The Balaban J connectivity index is 2.31. The van der Waals surface area contributed by atoms with Crippen molar-refractivity contribution in [2.45, 2.75) is 31.7 Å². The third-order valence-corrected chi connectivity index (χ3v) is 3.35. The summed E-state index contributed by atoms with van der Waals surface area (Å²) in [6.45, 7) is 1.49. The lowest BCUT2D eigenvalue weighted by Crippen LogP contribution is -2.41. The molecule has 1 fully saturated rings. The van der Waals surface area contributed by atoms with Gasteiger partial charge in [-0.3, -0.25) is 0 Å². The van der Waals surface area contributed by atoms with Crippen molar-refractivity contribution in [3.63, 3.8) is 0 Å². The summed E-state index contributed by atoms with van der Waals surface area (Å²) in [6, 6.07) is 0.794. The minimum atomic E-state index is 0.263. The first kappa shape index (κ1) is 13.8. The Morgan fingerprint density at radius 3 is 2.37 bits per heavy atom. The molecule has 1 atom stereocenters. The summed E-state index contributed by atoms with van der Waals surface area (Å²) in [4.78, 5) is 14.8. The van der Waals surface area contributed by atoms with Crippen LogP contribution in [0.2, 0.25) is 0 Å². The number of aromatic nitrogens is 3. The smallest absolute Gasteiger partial charge is 0.324 e. The van der Waals surface area contributed by atoms with Gasteiger partial charge in [0.25, 0.3) is 0 Å². The van der Waals surface area contributed by atoms with Gasteiger partial charge in [0.15, 0.2) is 0 Å². The second-order valence-electron chi connectivity index (χ2n) is 4.54. The zero-order chi connectivity index (χ0) is 13.7. The third-order valence-electron chi connectivity index (χ3n) is 3.35. The van der Waals surface area contributed by atoms with Crippen molar-refractivity contribution < 1.29 is 9.47 Å². The minimum Gasteiger partial charge on any atom is -0.467 e. The molecule has 7 nitrogen and oxygen atoms in total. The quantitative estimate of drug-likeness (QED) is 0.854. The first-order valence-corrected chi connectivity index (χ1v) is 6.59. The minimum absolute atomic E-state index is 0.263. The fraction of sp³-hybridized carbons (Fsp3) is 0.750. The predicted molar refractivity (Wildman–Crippen MR) is 71.6 cm³/mol. The highest BCUT2D eigenvalue weighted by Crippen LogP contribution is 2.23. The SMILES string of the molecule is COc1nc(OC)nc(N2CCCCCC2CN)n1. The lowest BCUT2D eigenvalue weighted by Gasteiger charge is -2.29. The maximum absolute atomic E-state index is 5.87. The summed E-state index contributed by atoms with van der Waals surface area (Å²) < 4.78 is 10.2. The van der Waals surface area contributed by atoms with Crippen LogP contribution in [-0.4, -0.2) is 48.3 Å². The van der Waals surface area contributed by atoms with Crippen LogP contribution in [0.1, 0.15) is 25.7 Å². The number of anilines is 1. The van der Waals surface area contributed by atoms with Gasteiger partial charge in [-0.2, -0.15) is 9.97 Å². The van der Waals surface area contributed by atoms with Gasteiger partial charge in [0, 0.05) is 19.1 Å². The molecule has 2 heterocycles. The fourth-order valence-corrected chi connectivity index (χ4v) is 2.32. The van der Waals surface area contributed by atoms with Crippen molar-refractivity contribution >= 4 is 5.95 Å². The molecule has 0 aromatic carbocycles. The molecule has 0 amide bonds. The van der Waals surface area contributed by atoms with Gasteiger partial charge in [-0.1, -0.05) is 12.8 Å². The number of hydrogen-bond acceptors (Lipinski definition) is 7. The summed E-state index contributed by atoms with van der Waals surface area (Å²) in [7, 11) is 3.06. The van der Waals surface area contributed by atoms with Gasteiger partial charge in [0.1, 0.15) is 0 Å². The van der Waals surface area contributed by atoms with Gasteiger partial charge in [-0.15, -0.1) is 4.98 Å². The van der Waals surface area contributed by atoms with Crippen LogP contribution >= 0.6 is 0 Å². The van der Waals surface area contributed by atoms with Gasteiger partial charge in [-0.25, -0.2) is 0 Å². The molecule has 7 heteroatoms. The Hall–Kier alpha value is -1.63. The van der Waals surface area contributed by atoms with E-state index in [1.807, 2.05) is 0 Å². The van der Waals surface area contributed by atoms with E-state index in [1.165, 1.54) is 27.1 Å². The van der Waals surface area contributed by atoms with E-state index in [1.54, 1.807) is 0 Å². The van der Waals surface area contributed by atoms with E-state index in [9.17, 15) is 0 Å². The number of nitrogens with two attached hydrogens (primary N) is 1. The molecule has 0 bridgehead atoms. The fourth-order valence-electron chi connectivity index (χ4n) is 2.32. The molecule has 1 aromatic rings. The summed E-state index contributed by atoms with van der Waals surface area (Å²) >= 11 is 0. The van der Waals surface area contributed by atoms with Crippen molar-refractivity contribution in [3.05, 3.63) is 0 Å². The van der Waals surface area contributed by atoms with Crippen molar-refractivity contribution in [3.8, 4) is 12.0 Å². The molecule has 19 heavy (non-hydrogen) atoms. The zero-order valence-electron chi connectivity index (χ0n) is 11.5. The van der Waals surface area contributed by atoms with Gasteiger partial charge >= 0.3 is 12.0 Å². The van der Waals surface area contributed by atoms with E-state index in [0.29, 0.717) is 12.5 Å². The van der Waals surface area contributed by atoms with Gasteiger partial charge in [-0.05, 0) is 12.8 Å². The Morgan fingerprint density at radius 1 is 1.11 bits per heavy atom. The van der Waals surface area contributed by atoms with Crippen LogP contribution in [-0.2, 0) is 0 Å². The number of nitrogens with zero attached hydrogens (tertiary/aromatic N) is 4. The molecule has 1 aliphatic rings. The molecule has 0 saturated carbocycles. The molecular formula is C12H21N5O2. The molecular weight excluding hydrogens is 246 g/mol. The zero-order valence-corrected chi connectivity index (χ0v) is 11.5. The van der Waals surface area contributed by atoms with Crippen molar-refractivity contribution in [1.82, 2.24) is 15.0 Å². The van der Waals surface area contributed by atoms with E-state index in [-0.39, 0.29) is 18.1 Å². The van der Waals surface area contributed by atoms with Gasteiger partial charge < -0.3 is 20.1 Å². The van der Waals surface area contributed by atoms with Crippen LogP contribution in [0.25, 0.3) is 0 Å². The molecule has 1 aliphatic heterocycles. The van der Waals surface area contributed by atoms with Gasteiger partial charge in [0.2, 0.25) is 5.95 Å². The number of methoxy groups -OCH3 is 2. The van der Waals surface area contributed by atoms with E-state index in [2.05, 4.69) is 19.9 Å². The number of rotatable bonds is 4. The first-order chi connectivity index (χ1) is 9.28. The molecule has 2 N–H and O–H groups in total. The maximum atomic E-state index is 5.87. The van der Waals surface area contributed by atoms with Crippen LogP contribution in [0.3, 0.4) is 0 Å². The highest BCUT2D eigenvalue weighted by molar-refractivity contribution is 5.34. The molecule has 0 radical (unpaired) electrons. The first-order valence-electron chi connectivity index (χ1n) is 6.59. The highest BCUT2D eigenvalue weighted by Gasteiger charge is 2.23. The van der Waals surface area contributed by atoms with Crippen LogP contribution in [0, 0.1) is 0 Å². The molecule has 1 saturated heterocycles. The van der Waals surface area contributed by atoms with E-state index >= 15 is 0 Å². The Bertz CT molecular complexity index is 393. The van der Waals surface area contributed by atoms with Crippen molar-refractivity contribution in [2.24, 2.45) is 5.73 Å². The summed E-state index contributed by atoms with van der Waals surface area (Å²) in [5.74, 6) is 0.584. The maximum Gasteiger partial charge on any atom is 0.324 e. The van der Waals surface area contributed by atoms with Crippen LogP contribution in [0.5, 0.6) is 12.0 Å². The Kier molecular flexibility index (Phi) is 4.73. The molecule has 0 spiro atoms. The summed E-state index contributed by atoms with van der Waals surface area (Å²) in [6.07, 6.45) is 4.59.